The summed E-state index contributed by atoms with van der Waals surface area (Å²) in [5.41, 5.74) is 5.91. The Balaban J connectivity index is 2.43. The first-order chi connectivity index (χ1) is 9.49. The largest absolute Gasteiger partial charge is 0.431 e. The van der Waals surface area contributed by atoms with Crippen LogP contribution in [0.15, 0.2) is 36.5 Å². The van der Waals surface area contributed by atoms with E-state index in [0.29, 0.717) is 5.56 Å². The van der Waals surface area contributed by atoms with Crippen LogP contribution in [0.5, 0.6) is 11.6 Å². The van der Waals surface area contributed by atoms with Gasteiger partial charge in [-0.3, -0.25) is 10.1 Å². The molecule has 20 heavy (non-hydrogen) atoms. The Morgan fingerprint density at radius 2 is 2.20 bits per heavy atom. The van der Waals surface area contributed by atoms with Gasteiger partial charge in [0, 0.05) is 17.8 Å². The maximum atomic E-state index is 13.1. The zero-order valence-corrected chi connectivity index (χ0v) is 10.6. The van der Waals surface area contributed by atoms with Gasteiger partial charge in [0.1, 0.15) is 5.82 Å². The molecule has 0 aliphatic heterocycles. The Kier molecular flexibility index (Phi) is 3.90. The minimum absolute atomic E-state index is 0.0861. The Morgan fingerprint density at radius 1 is 1.45 bits per heavy atom. The monoisotopic (exact) mass is 277 g/mol. The van der Waals surface area contributed by atoms with Gasteiger partial charge >= 0.3 is 5.69 Å². The molecule has 0 amide bonds. The highest BCUT2D eigenvalue weighted by Crippen LogP contribution is 2.33. The van der Waals surface area contributed by atoms with E-state index in [1.165, 1.54) is 12.3 Å². The summed E-state index contributed by atoms with van der Waals surface area (Å²) in [6, 6.07) is 6.11. The van der Waals surface area contributed by atoms with Crippen molar-refractivity contribution in [2.24, 2.45) is 5.73 Å². The smallest absolute Gasteiger partial charge is 0.314 e. The highest BCUT2D eigenvalue weighted by molar-refractivity contribution is 5.48. The molecule has 0 radical (unpaired) electrons. The lowest BCUT2D eigenvalue weighted by atomic mass is 10.1. The van der Waals surface area contributed by atoms with Crippen LogP contribution in [0.4, 0.5) is 10.1 Å². The quantitative estimate of drug-likeness (QED) is 0.685. The number of halogens is 1. The molecule has 1 aromatic carbocycles. The summed E-state index contributed by atoms with van der Waals surface area (Å²) < 4.78 is 18.5. The lowest BCUT2D eigenvalue weighted by molar-refractivity contribution is -0.385. The second kappa shape index (κ2) is 5.62. The zero-order valence-electron chi connectivity index (χ0n) is 10.6. The zero-order chi connectivity index (χ0) is 14.7. The van der Waals surface area contributed by atoms with Crippen LogP contribution in [-0.4, -0.2) is 9.91 Å². The number of ether oxygens (including phenoxy) is 1. The fraction of sp³-hybridized carbons (Fsp3) is 0.154. The second-order valence-corrected chi connectivity index (χ2v) is 4.16. The van der Waals surface area contributed by atoms with Gasteiger partial charge in [0.05, 0.1) is 11.0 Å². The number of nitro groups is 1. The summed E-state index contributed by atoms with van der Waals surface area (Å²) in [5.74, 6) is -0.633. The predicted molar refractivity (Wildman–Crippen MR) is 70.0 cm³/mol. The number of hydrogen-bond acceptors (Lipinski definition) is 5. The standard InChI is InChI=1S/C13H12FN3O3/c1-8(15)10-3-2-6-16-13(10)20-12-5-4-9(14)7-11(12)17(18)19/h2-8H,15H2,1H3. The molecule has 1 unspecified atom stereocenters. The molecule has 0 saturated heterocycles. The molecular weight excluding hydrogens is 265 g/mol. The van der Waals surface area contributed by atoms with E-state index >= 15 is 0 Å². The van der Waals surface area contributed by atoms with Gasteiger partial charge in [-0.05, 0) is 25.1 Å². The van der Waals surface area contributed by atoms with Crippen molar-refractivity contribution >= 4 is 5.69 Å². The van der Waals surface area contributed by atoms with Crippen LogP contribution in [0, 0.1) is 15.9 Å². The number of nitro benzene ring substituents is 1. The normalized spacial score (nSPS) is 11.9. The van der Waals surface area contributed by atoms with Crippen molar-refractivity contribution in [1.29, 1.82) is 0 Å². The van der Waals surface area contributed by atoms with Crippen LogP contribution in [0.3, 0.4) is 0 Å². The molecule has 2 rings (SSSR count). The third-order valence-corrected chi connectivity index (χ3v) is 2.62. The maximum Gasteiger partial charge on any atom is 0.314 e. The summed E-state index contributed by atoms with van der Waals surface area (Å²) in [5, 5.41) is 10.9. The van der Waals surface area contributed by atoms with Crippen molar-refractivity contribution < 1.29 is 14.1 Å². The molecule has 0 spiro atoms. The predicted octanol–water partition coefficient (Wildman–Crippen LogP) is 2.94. The molecule has 1 atom stereocenters. The van der Waals surface area contributed by atoms with E-state index in [-0.39, 0.29) is 17.7 Å². The van der Waals surface area contributed by atoms with Crippen LogP contribution in [-0.2, 0) is 0 Å². The van der Waals surface area contributed by atoms with Gasteiger partial charge in [-0.15, -0.1) is 0 Å². The van der Waals surface area contributed by atoms with Gasteiger partial charge in [0.25, 0.3) is 0 Å². The van der Waals surface area contributed by atoms with Crippen LogP contribution in [0.25, 0.3) is 0 Å². The summed E-state index contributed by atoms with van der Waals surface area (Å²) >= 11 is 0. The second-order valence-electron chi connectivity index (χ2n) is 4.16. The Bertz CT molecular complexity index is 647. The molecule has 0 saturated carbocycles. The van der Waals surface area contributed by atoms with Gasteiger partial charge in [-0.2, -0.15) is 0 Å². The Labute approximate surface area is 114 Å². The average molecular weight is 277 g/mol. The lowest BCUT2D eigenvalue weighted by Crippen LogP contribution is -2.07. The van der Waals surface area contributed by atoms with Crippen molar-refractivity contribution in [3.8, 4) is 11.6 Å². The fourth-order valence-electron chi connectivity index (χ4n) is 1.66. The summed E-state index contributed by atoms with van der Waals surface area (Å²) in [4.78, 5) is 14.2. The van der Waals surface area contributed by atoms with E-state index in [1.807, 2.05) is 0 Å². The number of hydrogen-bond donors (Lipinski definition) is 1. The topological polar surface area (TPSA) is 91.3 Å². The number of benzene rings is 1. The molecule has 0 aliphatic carbocycles. The van der Waals surface area contributed by atoms with Crippen LogP contribution < -0.4 is 10.5 Å². The van der Waals surface area contributed by atoms with Crippen molar-refractivity contribution in [1.82, 2.24) is 4.98 Å². The molecule has 0 bridgehead atoms. The van der Waals surface area contributed by atoms with E-state index in [0.717, 1.165) is 12.1 Å². The number of pyridine rings is 1. The van der Waals surface area contributed by atoms with Crippen molar-refractivity contribution in [2.75, 3.05) is 0 Å². The SMILES string of the molecule is CC(N)c1cccnc1Oc1ccc(F)cc1[N+](=O)[O-]. The molecule has 1 heterocycles. The van der Waals surface area contributed by atoms with E-state index in [1.54, 1.807) is 19.1 Å². The number of aromatic nitrogens is 1. The molecule has 7 heteroatoms. The molecule has 104 valence electrons. The number of rotatable bonds is 4. The fourth-order valence-corrected chi connectivity index (χ4v) is 1.66. The molecule has 0 fully saturated rings. The third-order valence-electron chi connectivity index (χ3n) is 2.62. The molecule has 2 N–H and O–H groups in total. The van der Waals surface area contributed by atoms with Gasteiger partial charge in [-0.1, -0.05) is 6.07 Å². The third kappa shape index (κ3) is 2.89. The van der Waals surface area contributed by atoms with Crippen molar-refractivity contribution in [2.45, 2.75) is 13.0 Å². The van der Waals surface area contributed by atoms with Crippen molar-refractivity contribution in [3.63, 3.8) is 0 Å². The van der Waals surface area contributed by atoms with Gasteiger partial charge in [0.15, 0.2) is 0 Å². The molecular formula is C13H12FN3O3. The van der Waals surface area contributed by atoms with E-state index in [9.17, 15) is 14.5 Å². The highest BCUT2D eigenvalue weighted by Gasteiger charge is 2.19. The summed E-state index contributed by atoms with van der Waals surface area (Å²) in [7, 11) is 0. The maximum absolute atomic E-state index is 13.1. The van der Waals surface area contributed by atoms with Crippen LogP contribution in [0.2, 0.25) is 0 Å². The van der Waals surface area contributed by atoms with Gasteiger partial charge in [-0.25, -0.2) is 9.37 Å². The van der Waals surface area contributed by atoms with Gasteiger partial charge < -0.3 is 10.5 Å². The Morgan fingerprint density at radius 3 is 2.85 bits per heavy atom. The van der Waals surface area contributed by atoms with E-state index in [2.05, 4.69) is 4.98 Å². The molecule has 1 aromatic heterocycles. The van der Waals surface area contributed by atoms with E-state index < -0.39 is 16.4 Å². The molecule has 6 nitrogen and oxygen atoms in total. The minimum Gasteiger partial charge on any atom is -0.431 e. The Hall–Kier alpha value is -2.54. The summed E-state index contributed by atoms with van der Waals surface area (Å²) in [6.07, 6.45) is 1.48. The highest BCUT2D eigenvalue weighted by atomic mass is 19.1. The lowest BCUT2D eigenvalue weighted by Gasteiger charge is -2.12. The first kappa shape index (κ1) is 13.9. The minimum atomic E-state index is -0.715. The van der Waals surface area contributed by atoms with Gasteiger partial charge in [0.2, 0.25) is 11.6 Å². The first-order valence-corrected chi connectivity index (χ1v) is 5.81. The van der Waals surface area contributed by atoms with Crippen LogP contribution in [0.1, 0.15) is 18.5 Å². The van der Waals surface area contributed by atoms with E-state index in [4.69, 9.17) is 10.5 Å². The van der Waals surface area contributed by atoms with Crippen LogP contribution >= 0.6 is 0 Å². The number of nitrogens with two attached hydrogens (primary N) is 1. The first-order valence-electron chi connectivity index (χ1n) is 5.81. The summed E-state index contributed by atoms with van der Waals surface area (Å²) in [6.45, 7) is 1.74. The number of nitrogens with zero attached hydrogens (tertiary/aromatic N) is 2. The molecule has 2 aromatic rings. The van der Waals surface area contributed by atoms with Crippen molar-refractivity contribution in [3.05, 3.63) is 58.0 Å². The molecule has 0 aliphatic rings. The average Bonchev–Trinajstić information content (AvgIpc) is 2.41.